The van der Waals surface area contributed by atoms with Crippen LogP contribution in [0.2, 0.25) is 0 Å². The zero-order valence-electron chi connectivity index (χ0n) is 13.1. The van der Waals surface area contributed by atoms with Gasteiger partial charge in [-0.15, -0.1) is 0 Å². The Morgan fingerprint density at radius 3 is 2.43 bits per heavy atom. The molecular weight excluding hydrogens is 374 g/mol. The molecule has 0 bridgehead atoms. The summed E-state index contributed by atoms with van der Waals surface area (Å²) in [4.78, 5) is 0.312. The smallest absolute Gasteiger partial charge is 0.238 e. The summed E-state index contributed by atoms with van der Waals surface area (Å²) >= 11 is 3.59. The highest BCUT2D eigenvalue weighted by Crippen LogP contribution is 2.33. The second kappa shape index (κ2) is 6.13. The van der Waals surface area contributed by atoms with Crippen LogP contribution < -0.4 is 0 Å². The molecule has 0 unspecified atom stereocenters. The molecular formula is C18H18BrNO2S. The van der Waals surface area contributed by atoms with Gasteiger partial charge < -0.3 is 0 Å². The molecule has 0 aliphatic heterocycles. The zero-order chi connectivity index (χ0) is 16.6. The first-order valence-corrected chi connectivity index (χ1v) is 9.80. The molecule has 1 aromatic heterocycles. The molecule has 0 radical (unpaired) electrons. The minimum atomic E-state index is -3.61. The minimum absolute atomic E-state index is 0.312. The molecule has 0 aliphatic carbocycles. The van der Waals surface area contributed by atoms with E-state index in [0.717, 1.165) is 33.1 Å². The van der Waals surface area contributed by atoms with E-state index in [4.69, 9.17) is 0 Å². The molecule has 0 amide bonds. The molecule has 0 saturated carbocycles. The van der Waals surface area contributed by atoms with Crippen molar-refractivity contribution in [1.82, 2.24) is 3.97 Å². The van der Waals surface area contributed by atoms with E-state index in [1.54, 1.807) is 24.3 Å². The number of hydrogen-bond acceptors (Lipinski definition) is 2. The Morgan fingerprint density at radius 2 is 1.78 bits per heavy atom. The molecule has 1 heterocycles. The van der Waals surface area contributed by atoms with Crippen LogP contribution in [0.3, 0.4) is 0 Å². The Hall–Kier alpha value is -1.59. The zero-order valence-corrected chi connectivity index (χ0v) is 15.5. The van der Waals surface area contributed by atoms with E-state index < -0.39 is 10.0 Å². The lowest BCUT2D eigenvalue weighted by atomic mass is 10.2. The fraction of sp³-hybridized carbons (Fsp3) is 0.222. The van der Waals surface area contributed by atoms with Gasteiger partial charge in [-0.25, -0.2) is 12.4 Å². The van der Waals surface area contributed by atoms with Crippen LogP contribution in [0.4, 0.5) is 0 Å². The largest absolute Gasteiger partial charge is 0.268 e. The van der Waals surface area contributed by atoms with E-state index in [2.05, 4.69) is 22.9 Å². The molecule has 3 rings (SSSR count). The Bertz CT molecular complexity index is 960. The van der Waals surface area contributed by atoms with Crippen LogP contribution in [0.1, 0.15) is 24.6 Å². The summed E-state index contributed by atoms with van der Waals surface area (Å²) < 4.78 is 28.7. The normalized spacial score (nSPS) is 12.0. The van der Waals surface area contributed by atoms with Crippen molar-refractivity contribution in [2.45, 2.75) is 31.6 Å². The van der Waals surface area contributed by atoms with Crippen molar-refractivity contribution >= 4 is 36.9 Å². The van der Waals surface area contributed by atoms with Gasteiger partial charge in [0.05, 0.1) is 10.4 Å². The molecule has 0 aliphatic rings. The summed E-state index contributed by atoms with van der Waals surface area (Å²) in [5.41, 5.74) is 2.63. The van der Waals surface area contributed by atoms with Gasteiger partial charge in [-0.3, -0.25) is 0 Å². The third kappa shape index (κ3) is 2.72. The molecule has 0 fully saturated rings. The van der Waals surface area contributed by atoms with Gasteiger partial charge in [-0.05, 0) is 59.1 Å². The molecule has 23 heavy (non-hydrogen) atoms. The molecule has 0 atom stereocenters. The van der Waals surface area contributed by atoms with Crippen LogP contribution in [0.25, 0.3) is 10.9 Å². The highest BCUT2D eigenvalue weighted by molar-refractivity contribution is 9.10. The lowest BCUT2D eigenvalue weighted by molar-refractivity contribution is 0.586. The summed E-state index contributed by atoms with van der Waals surface area (Å²) in [6.45, 7) is 4.06. The third-order valence-electron chi connectivity index (χ3n) is 3.93. The van der Waals surface area contributed by atoms with Crippen LogP contribution in [-0.4, -0.2) is 12.4 Å². The van der Waals surface area contributed by atoms with E-state index in [1.165, 1.54) is 3.97 Å². The molecule has 0 N–H and O–H groups in total. The lowest BCUT2D eigenvalue weighted by Gasteiger charge is -2.12. The first-order valence-electron chi connectivity index (χ1n) is 7.57. The van der Waals surface area contributed by atoms with E-state index >= 15 is 0 Å². The fourth-order valence-corrected chi connectivity index (χ4v) is 4.83. The quantitative estimate of drug-likeness (QED) is 0.634. The van der Waals surface area contributed by atoms with E-state index in [0.29, 0.717) is 11.3 Å². The number of rotatable bonds is 4. The van der Waals surface area contributed by atoms with Crippen LogP contribution in [0.15, 0.2) is 57.9 Å². The number of benzene rings is 2. The van der Waals surface area contributed by atoms with Gasteiger partial charge >= 0.3 is 0 Å². The Kier molecular flexibility index (Phi) is 4.34. The molecule has 5 heteroatoms. The van der Waals surface area contributed by atoms with E-state index in [1.807, 2.05) is 31.2 Å². The number of aromatic nitrogens is 1. The van der Waals surface area contributed by atoms with Gasteiger partial charge in [0.2, 0.25) is 0 Å². The topological polar surface area (TPSA) is 39.1 Å². The predicted molar refractivity (Wildman–Crippen MR) is 97.4 cm³/mol. The fourth-order valence-electron chi connectivity index (χ4n) is 2.80. The summed E-state index contributed by atoms with van der Waals surface area (Å²) in [5, 5.41) is 0.938. The van der Waals surface area contributed by atoms with E-state index in [9.17, 15) is 8.42 Å². The van der Waals surface area contributed by atoms with Crippen molar-refractivity contribution in [3.8, 4) is 0 Å². The SMILES string of the molecule is CCCc1cc2c(Br)c(C)ccc2n1S(=O)(=O)c1ccccc1. The Balaban J connectivity index is 2.36. The number of hydrogen-bond donors (Lipinski definition) is 0. The Labute approximate surface area is 145 Å². The van der Waals surface area contributed by atoms with E-state index in [-0.39, 0.29) is 0 Å². The monoisotopic (exact) mass is 391 g/mol. The van der Waals surface area contributed by atoms with Gasteiger partial charge in [0.25, 0.3) is 10.0 Å². The number of halogens is 1. The second-order valence-corrected chi connectivity index (χ2v) is 8.18. The average Bonchev–Trinajstić information content (AvgIpc) is 2.92. The van der Waals surface area contributed by atoms with Gasteiger partial charge in [-0.1, -0.05) is 37.6 Å². The number of nitrogens with zero attached hydrogens (tertiary/aromatic N) is 1. The maximum absolute atomic E-state index is 13.1. The van der Waals surface area contributed by atoms with Crippen LogP contribution >= 0.6 is 15.9 Å². The molecule has 3 nitrogen and oxygen atoms in total. The van der Waals surface area contributed by atoms with Crippen molar-refractivity contribution in [1.29, 1.82) is 0 Å². The van der Waals surface area contributed by atoms with Crippen molar-refractivity contribution in [3.63, 3.8) is 0 Å². The summed E-state index contributed by atoms with van der Waals surface area (Å²) in [6.07, 6.45) is 1.60. The standard InChI is InChI=1S/C18H18BrNO2S/c1-3-7-14-12-16-17(11-10-13(2)18(16)19)20(14)23(21,22)15-8-5-4-6-9-15/h4-6,8-12H,3,7H2,1-2H3. The van der Waals surface area contributed by atoms with Crippen molar-refractivity contribution in [3.05, 3.63) is 64.3 Å². The van der Waals surface area contributed by atoms with Crippen LogP contribution in [-0.2, 0) is 16.4 Å². The highest BCUT2D eigenvalue weighted by atomic mass is 79.9. The second-order valence-electron chi connectivity index (χ2n) is 5.60. The molecule has 2 aromatic carbocycles. The summed E-state index contributed by atoms with van der Waals surface area (Å²) in [7, 11) is -3.61. The van der Waals surface area contributed by atoms with Crippen molar-refractivity contribution in [2.24, 2.45) is 0 Å². The van der Waals surface area contributed by atoms with Gasteiger partial charge in [0, 0.05) is 15.6 Å². The first-order chi connectivity index (χ1) is 11.0. The summed E-state index contributed by atoms with van der Waals surface area (Å²) in [5.74, 6) is 0. The van der Waals surface area contributed by atoms with Gasteiger partial charge in [0.1, 0.15) is 0 Å². The van der Waals surface area contributed by atoms with Gasteiger partial charge in [-0.2, -0.15) is 0 Å². The van der Waals surface area contributed by atoms with Crippen molar-refractivity contribution in [2.75, 3.05) is 0 Å². The average molecular weight is 392 g/mol. The lowest BCUT2D eigenvalue weighted by Crippen LogP contribution is -2.15. The van der Waals surface area contributed by atoms with Crippen LogP contribution in [0.5, 0.6) is 0 Å². The molecule has 0 saturated heterocycles. The number of aryl methyl sites for hydroxylation is 2. The molecule has 3 aromatic rings. The van der Waals surface area contributed by atoms with Crippen molar-refractivity contribution < 1.29 is 8.42 Å². The molecule has 0 spiro atoms. The maximum Gasteiger partial charge on any atom is 0.268 e. The van der Waals surface area contributed by atoms with Crippen LogP contribution in [0, 0.1) is 6.92 Å². The first kappa shape index (κ1) is 16.3. The summed E-state index contributed by atoms with van der Waals surface area (Å²) in [6, 6.07) is 14.4. The Morgan fingerprint density at radius 1 is 1.09 bits per heavy atom. The van der Waals surface area contributed by atoms with Gasteiger partial charge in [0.15, 0.2) is 0 Å². The number of fused-ring (bicyclic) bond motifs is 1. The maximum atomic E-state index is 13.1. The predicted octanol–water partition coefficient (Wildman–Crippen LogP) is 4.90. The molecule has 120 valence electrons. The third-order valence-corrected chi connectivity index (χ3v) is 6.76. The highest BCUT2D eigenvalue weighted by Gasteiger charge is 2.23. The minimum Gasteiger partial charge on any atom is -0.238 e.